The van der Waals surface area contributed by atoms with E-state index in [2.05, 4.69) is 115 Å². The molecule has 0 N–H and O–H groups in total. The van der Waals surface area contributed by atoms with Gasteiger partial charge in [-0.15, -0.1) is 0 Å². The summed E-state index contributed by atoms with van der Waals surface area (Å²) in [5.41, 5.74) is 8.95. The van der Waals surface area contributed by atoms with Crippen LogP contribution in [0.2, 0.25) is 0 Å². The van der Waals surface area contributed by atoms with Crippen molar-refractivity contribution < 1.29 is 5.48 Å². The molecule has 10 aromatic rings. The number of anilines is 3. The molecule has 0 radical (unpaired) electrons. The number of fused-ring (bicyclic) bond motifs is 4. The quantitative estimate of drug-likeness (QED) is 0.149. The fourth-order valence-corrected chi connectivity index (χ4v) is 7.74. The van der Waals surface area contributed by atoms with Crippen LogP contribution in [0.25, 0.3) is 76.8 Å². The predicted molar refractivity (Wildman–Crippen MR) is 235 cm³/mol. The van der Waals surface area contributed by atoms with Gasteiger partial charge < -0.3 is 4.90 Å². The standard InChI is InChI=1S/C54H37N/c1-2-11-38(12-3-1)43-16-8-17-44(35-43)39-25-30-48(31-26-39)55(50-19-9-18-46(37-50)53-22-10-15-41-13-4-6-20-51(41)53)49-32-27-40(28-33-49)45-29-34-54-47(36-45)24-23-42-14-5-7-21-52(42)54/h1-37H/i27D,28D,32D,33D. The maximum absolute atomic E-state index is 9.60. The first-order valence-corrected chi connectivity index (χ1v) is 18.6. The number of hydrogen-bond donors (Lipinski definition) is 0. The third-order valence-electron chi connectivity index (χ3n) is 10.5. The molecule has 0 unspecified atom stereocenters. The third-order valence-corrected chi connectivity index (χ3v) is 10.5. The van der Waals surface area contributed by atoms with E-state index in [0.717, 1.165) is 71.4 Å². The second kappa shape index (κ2) is 14.0. The summed E-state index contributed by atoms with van der Waals surface area (Å²) in [7, 11) is 0. The number of rotatable bonds is 7. The van der Waals surface area contributed by atoms with Crippen molar-refractivity contribution in [1.82, 2.24) is 0 Å². The second-order valence-corrected chi connectivity index (χ2v) is 13.9. The Kier molecular flexibility index (Phi) is 7.19. The summed E-state index contributed by atoms with van der Waals surface area (Å²) in [6.45, 7) is 0. The van der Waals surface area contributed by atoms with Crippen LogP contribution in [0, 0.1) is 0 Å². The highest BCUT2D eigenvalue weighted by Gasteiger charge is 2.15. The first-order valence-electron chi connectivity index (χ1n) is 20.6. The lowest BCUT2D eigenvalue weighted by Crippen LogP contribution is -2.10. The normalized spacial score (nSPS) is 12.3. The van der Waals surface area contributed by atoms with Crippen molar-refractivity contribution in [3.8, 4) is 44.5 Å². The van der Waals surface area contributed by atoms with Crippen LogP contribution in [0.4, 0.5) is 17.1 Å². The molecule has 55 heavy (non-hydrogen) atoms. The van der Waals surface area contributed by atoms with E-state index in [4.69, 9.17) is 0 Å². The van der Waals surface area contributed by atoms with Gasteiger partial charge in [0.15, 0.2) is 0 Å². The van der Waals surface area contributed by atoms with Gasteiger partial charge in [-0.25, -0.2) is 0 Å². The van der Waals surface area contributed by atoms with E-state index in [1.54, 1.807) is 0 Å². The van der Waals surface area contributed by atoms with Gasteiger partial charge in [-0.2, -0.15) is 0 Å². The Bertz CT molecular complexity index is 3180. The molecule has 10 rings (SSSR count). The summed E-state index contributed by atoms with van der Waals surface area (Å²) in [5, 5.41) is 6.58. The van der Waals surface area contributed by atoms with Gasteiger partial charge in [0.1, 0.15) is 0 Å². The zero-order chi connectivity index (χ0) is 40.0. The molecule has 0 bridgehead atoms. The first kappa shape index (κ1) is 28.3. The van der Waals surface area contributed by atoms with Gasteiger partial charge >= 0.3 is 0 Å². The van der Waals surface area contributed by atoms with Crippen LogP contribution in [-0.2, 0) is 0 Å². The average Bonchev–Trinajstić information content (AvgIpc) is 3.30. The zero-order valence-electron chi connectivity index (χ0n) is 34.0. The van der Waals surface area contributed by atoms with E-state index in [0.29, 0.717) is 11.3 Å². The van der Waals surface area contributed by atoms with Crippen molar-refractivity contribution in [2.75, 3.05) is 4.90 Å². The lowest BCUT2D eigenvalue weighted by molar-refractivity contribution is 1.28. The fraction of sp³-hybridized carbons (Fsp3) is 0. The highest BCUT2D eigenvalue weighted by Crippen LogP contribution is 2.40. The van der Waals surface area contributed by atoms with Crippen molar-refractivity contribution in [2.24, 2.45) is 0 Å². The molecule has 0 fully saturated rings. The van der Waals surface area contributed by atoms with Crippen molar-refractivity contribution >= 4 is 49.4 Å². The molecule has 0 amide bonds. The zero-order valence-corrected chi connectivity index (χ0v) is 30.0. The van der Waals surface area contributed by atoms with Gasteiger partial charge in [0.05, 0.1) is 5.48 Å². The molecule has 0 aliphatic rings. The Morgan fingerprint density at radius 2 is 0.818 bits per heavy atom. The molecule has 0 saturated carbocycles. The molecule has 0 heterocycles. The Labute approximate surface area is 327 Å². The van der Waals surface area contributed by atoms with Crippen molar-refractivity contribution in [3.05, 3.63) is 224 Å². The van der Waals surface area contributed by atoms with Crippen LogP contribution < -0.4 is 4.90 Å². The summed E-state index contributed by atoms with van der Waals surface area (Å²) in [6, 6.07) is 67.5. The third kappa shape index (κ3) is 6.22. The molecule has 0 spiro atoms. The highest BCUT2D eigenvalue weighted by molar-refractivity contribution is 6.08. The fourth-order valence-electron chi connectivity index (χ4n) is 7.74. The van der Waals surface area contributed by atoms with Crippen molar-refractivity contribution in [2.45, 2.75) is 0 Å². The van der Waals surface area contributed by atoms with Crippen LogP contribution in [0.3, 0.4) is 0 Å². The SMILES string of the molecule is [2H]c1c([2H])c(N(c2ccc(-c3cccc(-c4ccccc4)c3)cc2)c2cccc(-c3cccc4ccccc34)c2)c([2H])c([2H])c1-c1ccc2c(ccc3ccccc32)c1. The molecule has 1 heteroatoms. The van der Waals surface area contributed by atoms with Gasteiger partial charge in [0, 0.05) is 17.1 Å². The van der Waals surface area contributed by atoms with E-state index in [1.807, 2.05) is 89.8 Å². The lowest BCUT2D eigenvalue weighted by Gasteiger charge is -2.26. The van der Waals surface area contributed by atoms with E-state index in [1.165, 1.54) is 0 Å². The van der Waals surface area contributed by atoms with Gasteiger partial charge in [0.25, 0.3) is 0 Å². The molecular weight excluding hydrogens is 663 g/mol. The van der Waals surface area contributed by atoms with E-state index < -0.39 is 0 Å². The molecule has 0 aliphatic carbocycles. The summed E-state index contributed by atoms with van der Waals surface area (Å²) in [6.07, 6.45) is 0. The predicted octanol–water partition coefficient (Wildman–Crippen LogP) is 15.3. The Hall–Kier alpha value is -7.22. The maximum atomic E-state index is 9.60. The highest BCUT2D eigenvalue weighted by atomic mass is 15.1. The van der Waals surface area contributed by atoms with Crippen molar-refractivity contribution in [3.63, 3.8) is 0 Å². The Morgan fingerprint density at radius 1 is 0.273 bits per heavy atom. The summed E-state index contributed by atoms with van der Waals surface area (Å²) in [4.78, 5) is 1.87. The van der Waals surface area contributed by atoms with Gasteiger partial charge in [-0.3, -0.25) is 0 Å². The molecular formula is C54H37N. The Morgan fingerprint density at radius 3 is 1.62 bits per heavy atom. The number of benzene rings is 10. The minimum absolute atomic E-state index is 0.0919. The molecule has 258 valence electrons. The average molecular weight is 704 g/mol. The monoisotopic (exact) mass is 703 g/mol. The summed E-state index contributed by atoms with van der Waals surface area (Å²) >= 11 is 0. The smallest absolute Gasteiger partial charge is 0.0645 e. The molecule has 0 aromatic heterocycles. The molecule has 0 saturated heterocycles. The summed E-state index contributed by atoms with van der Waals surface area (Å²) in [5.74, 6) is 0. The van der Waals surface area contributed by atoms with E-state index in [9.17, 15) is 5.48 Å². The van der Waals surface area contributed by atoms with Crippen LogP contribution in [0.15, 0.2) is 224 Å². The summed E-state index contributed by atoms with van der Waals surface area (Å²) < 4.78 is 38.1. The van der Waals surface area contributed by atoms with Crippen LogP contribution in [0.1, 0.15) is 5.48 Å². The molecule has 10 aromatic carbocycles. The number of hydrogen-bond acceptors (Lipinski definition) is 1. The largest absolute Gasteiger partial charge is 0.310 e. The van der Waals surface area contributed by atoms with Crippen LogP contribution in [0.5, 0.6) is 0 Å². The first-order chi connectivity index (χ1) is 28.9. The lowest BCUT2D eigenvalue weighted by atomic mass is 9.97. The number of nitrogens with zero attached hydrogens (tertiary/aromatic N) is 1. The van der Waals surface area contributed by atoms with Gasteiger partial charge in [0.2, 0.25) is 0 Å². The van der Waals surface area contributed by atoms with E-state index >= 15 is 0 Å². The topological polar surface area (TPSA) is 3.24 Å². The van der Waals surface area contributed by atoms with Crippen LogP contribution >= 0.6 is 0 Å². The molecule has 0 atom stereocenters. The van der Waals surface area contributed by atoms with Crippen molar-refractivity contribution in [1.29, 1.82) is 0 Å². The minimum Gasteiger partial charge on any atom is -0.310 e. The molecule has 0 aliphatic heterocycles. The van der Waals surface area contributed by atoms with Gasteiger partial charge in [-0.05, 0) is 125 Å². The maximum Gasteiger partial charge on any atom is 0.0645 e. The minimum atomic E-state index is -0.116. The van der Waals surface area contributed by atoms with Gasteiger partial charge in [-0.1, -0.05) is 176 Å². The Balaban J connectivity index is 1.12. The molecule has 1 nitrogen and oxygen atoms in total. The van der Waals surface area contributed by atoms with E-state index in [-0.39, 0.29) is 35.4 Å². The second-order valence-electron chi connectivity index (χ2n) is 13.9. The van der Waals surface area contributed by atoms with Crippen LogP contribution in [-0.4, -0.2) is 0 Å².